The zero-order chi connectivity index (χ0) is 23.0. The van der Waals surface area contributed by atoms with E-state index in [1.807, 2.05) is 61.5 Å². The Morgan fingerprint density at radius 2 is 1.94 bits per heavy atom. The summed E-state index contributed by atoms with van der Waals surface area (Å²) in [6.45, 7) is 2.24. The largest absolute Gasteiger partial charge is 0.496 e. The van der Waals surface area contributed by atoms with E-state index in [0.29, 0.717) is 30.0 Å². The molecule has 0 aromatic heterocycles. The van der Waals surface area contributed by atoms with Crippen LogP contribution in [0, 0.1) is 0 Å². The summed E-state index contributed by atoms with van der Waals surface area (Å²) in [5, 5.41) is 6.01. The molecule has 0 unspecified atom stereocenters. The fourth-order valence-corrected chi connectivity index (χ4v) is 4.63. The van der Waals surface area contributed by atoms with Gasteiger partial charge in [0.05, 0.1) is 18.8 Å². The Bertz CT molecular complexity index is 1230. The van der Waals surface area contributed by atoms with Gasteiger partial charge in [-0.15, -0.1) is 0 Å². The number of fused-ring (bicyclic) bond motifs is 4. The van der Waals surface area contributed by atoms with Crippen molar-refractivity contribution < 1.29 is 19.1 Å². The third-order valence-corrected chi connectivity index (χ3v) is 6.18. The maximum atomic E-state index is 13.1. The molecule has 1 saturated heterocycles. The topological polar surface area (TPSA) is 79.9 Å². The van der Waals surface area contributed by atoms with Crippen molar-refractivity contribution in [3.8, 4) is 11.5 Å². The third-order valence-electron chi connectivity index (χ3n) is 6.18. The van der Waals surface area contributed by atoms with Gasteiger partial charge in [-0.25, -0.2) is 4.79 Å². The normalized spacial score (nSPS) is 20.8. The van der Waals surface area contributed by atoms with Crippen molar-refractivity contribution in [1.29, 1.82) is 0 Å². The maximum absolute atomic E-state index is 13.1. The second-order valence-corrected chi connectivity index (χ2v) is 8.40. The van der Waals surface area contributed by atoms with Crippen LogP contribution in [0.4, 0.5) is 10.5 Å². The fourth-order valence-electron chi connectivity index (χ4n) is 4.63. The van der Waals surface area contributed by atoms with Crippen LogP contribution >= 0.6 is 0 Å². The molecule has 2 aliphatic rings. The zero-order valence-electron chi connectivity index (χ0n) is 18.5. The van der Waals surface area contributed by atoms with Crippen molar-refractivity contribution in [3.63, 3.8) is 0 Å². The Kier molecular flexibility index (Phi) is 5.17. The van der Waals surface area contributed by atoms with E-state index < -0.39 is 5.72 Å². The van der Waals surface area contributed by atoms with Crippen LogP contribution in [0.3, 0.4) is 0 Å². The van der Waals surface area contributed by atoms with E-state index in [0.717, 1.165) is 16.9 Å². The third kappa shape index (κ3) is 3.75. The predicted molar refractivity (Wildman–Crippen MR) is 124 cm³/mol. The van der Waals surface area contributed by atoms with Gasteiger partial charge in [-0.1, -0.05) is 42.5 Å². The van der Waals surface area contributed by atoms with Gasteiger partial charge in [0.15, 0.2) is 5.72 Å². The number of rotatable bonds is 5. The van der Waals surface area contributed by atoms with E-state index in [9.17, 15) is 9.59 Å². The summed E-state index contributed by atoms with van der Waals surface area (Å²) in [5.74, 6) is 1.24. The van der Waals surface area contributed by atoms with Crippen molar-refractivity contribution in [3.05, 3.63) is 89.5 Å². The van der Waals surface area contributed by atoms with Gasteiger partial charge in [0.2, 0.25) is 0 Å². The second kappa shape index (κ2) is 8.16. The Morgan fingerprint density at radius 1 is 1.15 bits per heavy atom. The van der Waals surface area contributed by atoms with Crippen LogP contribution in [0.2, 0.25) is 0 Å². The minimum atomic E-state index is -0.867. The number of benzene rings is 3. The van der Waals surface area contributed by atoms with Gasteiger partial charge < -0.3 is 20.1 Å². The molecular formula is C26H25N3O4. The van der Waals surface area contributed by atoms with Crippen LogP contribution in [-0.2, 0) is 6.54 Å². The lowest BCUT2D eigenvalue weighted by Gasteiger charge is -2.50. The highest BCUT2D eigenvalue weighted by Crippen LogP contribution is 2.45. The summed E-state index contributed by atoms with van der Waals surface area (Å²) in [6, 6.07) is 21.9. The average Bonchev–Trinajstić information content (AvgIpc) is 2.82. The molecule has 2 bridgehead atoms. The lowest BCUT2D eigenvalue weighted by molar-refractivity contribution is 0.0378. The van der Waals surface area contributed by atoms with Crippen molar-refractivity contribution >= 4 is 17.6 Å². The second-order valence-electron chi connectivity index (χ2n) is 8.40. The average molecular weight is 444 g/mol. The summed E-state index contributed by atoms with van der Waals surface area (Å²) in [7, 11) is 1.60. The van der Waals surface area contributed by atoms with E-state index in [-0.39, 0.29) is 18.0 Å². The van der Waals surface area contributed by atoms with Crippen LogP contribution in [0.5, 0.6) is 11.5 Å². The highest BCUT2D eigenvalue weighted by Gasteiger charge is 2.49. The number of anilines is 1. The molecule has 2 heterocycles. The Hall–Kier alpha value is -4.00. The van der Waals surface area contributed by atoms with Crippen LogP contribution < -0.4 is 25.0 Å². The van der Waals surface area contributed by atoms with Gasteiger partial charge in [-0.3, -0.25) is 9.69 Å². The van der Waals surface area contributed by atoms with Crippen molar-refractivity contribution in [1.82, 2.24) is 10.6 Å². The summed E-state index contributed by atoms with van der Waals surface area (Å²) >= 11 is 0. The van der Waals surface area contributed by atoms with Crippen molar-refractivity contribution in [2.24, 2.45) is 0 Å². The first-order chi connectivity index (χ1) is 16.0. The molecule has 33 heavy (non-hydrogen) atoms. The molecule has 0 radical (unpaired) electrons. The molecule has 0 saturated carbocycles. The molecule has 3 aromatic carbocycles. The maximum Gasteiger partial charge on any atom is 0.325 e. The molecule has 5 rings (SSSR count). The van der Waals surface area contributed by atoms with E-state index in [2.05, 4.69) is 10.6 Å². The number of carbonyl (C=O) groups is 2. The van der Waals surface area contributed by atoms with E-state index in [1.54, 1.807) is 30.2 Å². The van der Waals surface area contributed by atoms with Gasteiger partial charge in [0.25, 0.3) is 5.91 Å². The number of amides is 3. The quantitative estimate of drug-likeness (QED) is 0.613. The van der Waals surface area contributed by atoms with Gasteiger partial charge >= 0.3 is 6.03 Å². The minimum absolute atomic E-state index is 0.115. The van der Waals surface area contributed by atoms with E-state index >= 15 is 0 Å². The molecule has 3 aromatic rings. The highest BCUT2D eigenvalue weighted by molar-refractivity contribution is 5.99. The molecule has 1 fully saturated rings. The number of methoxy groups -OCH3 is 1. The van der Waals surface area contributed by atoms with Crippen LogP contribution in [0.25, 0.3) is 0 Å². The van der Waals surface area contributed by atoms with Gasteiger partial charge in [-0.05, 0) is 37.3 Å². The minimum Gasteiger partial charge on any atom is -0.496 e. The molecule has 7 heteroatoms. The molecule has 2 aliphatic heterocycles. The Labute approximate surface area is 192 Å². The van der Waals surface area contributed by atoms with Crippen LogP contribution in [-0.4, -0.2) is 24.8 Å². The fraction of sp³-hybridized carbons (Fsp3) is 0.231. The lowest BCUT2D eigenvalue weighted by Crippen LogP contribution is -2.65. The van der Waals surface area contributed by atoms with Gasteiger partial charge in [0, 0.05) is 29.7 Å². The summed E-state index contributed by atoms with van der Waals surface area (Å²) in [6.07, 6.45) is 0.597. The zero-order valence-corrected chi connectivity index (χ0v) is 18.5. The lowest BCUT2D eigenvalue weighted by atomic mass is 9.90. The number of carbonyl (C=O) groups excluding carboxylic acids is 2. The number of hydrogen-bond acceptors (Lipinski definition) is 4. The predicted octanol–water partition coefficient (Wildman–Crippen LogP) is 4.39. The SMILES string of the molecule is COc1ccccc1CNC(=O)c1cccc(N2C(=O)N[C@H]3C[C@@]2(C)Oc2ccccc23)c1. The number of urea groups is 1. The molecule has 0 spiro atoms. The summed E-state index contributed by atoms with van der Waals surface area (Å²) in [5.41, 5.74) is 2.04. The Balaban J connectivity index is 1.39. The molecule has 0 aliphatic carbocycles. The monoisotopic (exact) mass is 443 g/mol. The number of nitrogens with one attached hydrogen (secondary N) is 2. The van der Waals surface area contributed by atoms with Gasteiger partial charge in [-0.2, -0.15) is 0 Å². The standard InChI is InChI=1S/C26H25N3O4/c1-26-15-21(20-11-4-6-13-23(20)33-26)28-25(31)29(26)19-10-7-9-17(14-19)24(30)27-16-18-8-3-5-12-22(18)32-2/h3-14,21H,15-16H2,1-2H3,(H,27,30)(H,28,31)/t21-,26+/m0/s1. The van der Waals surface area contributed by atoms with E-state index in [4.69, 9.17) is 9.47 Å². The van der Waals surface area contributed by atoms with Gasteiger partial charge in [0.1, 0.15) is 11.5 Å². The smallest absolute Gasteiger partial charge is 0.325 e. The first-order valence-corrected chi connectivity index (χ1v) is 10.9. The van der Waals surface area contributed by atoms with Crippen molar-refractivity contribution in [2.45, 2.75) is 31.7 Å². The first-order valence-electron chi connectivity index (χ1n) is 10.9. The number of nitrogens with zero attached hydrogens (tertiary/aromatic N) is 1. The summed E-state index contributed by atoms with van der Waals surface area (Å²) in [4.78, 5) is 27.6. The molecular weight excluding hydrogens is 418 g/mol. The molecule has 2 atom stereocenters. The van der Waals surface area contributed by atoms with E-state index in [1.165, 1.54) is 0 Å². The molecule has 168 valence electrons. The van der Waals surface area contributed by atoms with Crippen molar-refractivity contribution in [2.75, 3.05) is 12.0 Å². The number of hydrogen-bond donors (Lipinski definition) is 2. The number of ether oxygens (including phenoxy) is 2. The van der Waals surface area contributed by atoms with Crippen LogP contribution in [0.1, 0.15) is 40.9 Å². The first kappa shape index (κ1) is 20.9. The molecule has 2 N–H and O–H groups in total. The number of para-hydroxylation sites is 2. The highest BCUT2D eigenvalue weighted by atomic mass is 16.5. The van der Waals surface area contributed by atoms with Crippen LogP contribution in [0.15, 0.2) is 72.8 Å². The molecule has 3 amide bonds. The summed E-state index contributed by atoms with van der Waals surface area (Å²) < 4.78 is 11.7. The molecule has 7 nitrogen and oxygen atoms in total. The Morgan fingerprint density at radius 3 is 2.79 bits per heavy atom.